The molecule has 2 aliphatic heterocycles. The fourth-order valence-corrected chi connectivity index (χ4v) is 4.68. The fraction of sp³-hybridized carbons (Fsp3) is 0.526. The van der Waals surface area contributed by atoms with Crippen LogP contribution >= 0.6 is 0 Å². The van der Waals surface area contributed by atoms with Crippen LogP contribution in [0.1, 0.15) is 25.3 Å². The van der Waals surface area contributed by atoms with Gasteiger partial charge in [0, 0.05) is 24.7 Å². The van der Waals surface area contributed by atoms with E-state index in [1.165, 1.54) is 0 Å². The van der Waals surface area contributed by atoms with Gasteiger partial charge < -0.3 is 20.1 Å². The molecule has 0 amide bonds. The Labute approximate surface area is 152 Å². The zero-order chi connectivity index (χ0) is 18.6. The lowest BCUT2D eigenvalue weighted by molar-refractivity contribution is -0.184. The average Bonchev–Trinajstić information content (AvgIpc) is 2.91. The molecular formula is C19H21N5O2. The van der Waals surface area contributed by atoms with Crippen molar-refractivity contribution in [3.05, 3.63) is 29.8 Å². The largest absolute Gasteiger partial charge is 0.386 e. The number of nitrogens with two attached hydrogens (primary N) is 1. The van der Waals surface area contributed by atoms with E-state index in [1.807, 2.05) is 24.3 Å². The third-order valence-corrected chi connectivity index (χ3v) is 5.96. The highest BCUT2D eigenvalue weighted by atomic mass is 16.8. The Balaban J connectivity index is 1.78. The van der Waals surface area contributed by atoms with Gasteiger partial charge in [-0.1, -0.05) is 12.1 Å². The third-order valence-electron chi connectivity index (χ3n) is 5.96. The summed E-state index contributed by atoms with van der Waals surface area (Å²) in [6, 6.07) is 12.5. The summed E-state index contributed by atoms with van der Waals surface area (Å²) in [5.41, 5.74) is 5.67. The summed E-state index contributed by atoms with van der Waals surface area (Å²) in [7, 11) is 0. The Morgan fingerprint density at radius 2 is 1.77 bits per heavy atom. The van der Waals surface area contributed by atoms with Crippen LogP contribution in [0.2, 0.25) is 0 Å². The zero-order valence-electron chi connectivity index (χ0n) is 14.9. The monoisotopic (exact) mass is 351 g/mol. The molecule has 4 rings (SSSR count). The summed E-state index contributed by atoms with van der Waals surface area (Å²) < 4.78 is 11.4. The van der Waals surface area contributed by atoms with Crippen LogP contribution in [0.5, 0.6) is 0 Å². The molecule has 1 saturated heterocycles. The lowest BCUT2D eigenvalue weighted by atomic mass is 9.94. The highest BCUT2D eigenvalue weighted by Crippen LogP contribution is 2.82. The van der Waals surface area contributed by atoms with E-state index in [9.17, 15) is 10.5 Å². The maximum absolute atomic E-state index is 10.1. The van der Waals surface area contributed by atoms with Crippen molar-refractivity contribution in [1.29, 1.82) is 10.5 Å². The Bertz CT molecular complexity index is 842. The molecule has 2 fully saturated rings. The molecule has 7 heteroatoms. The first-order valence-electron chi connectivity index (χ1n) is 8.88. The van der Waals surface area contributed by atoms with E-state index >= 15 is 0 Å². The molecule has 1 aliphatic carbocycles. The van der Waals surface area contributed by atoms with Gasteiger partial charge in [0.05, 0.1) is 25.4 Å². The first-order valence-corrected chi connectivity index (χ1v) is 8.88. The normalized spacial score (nSPS) is 33.2. The molecule has 2 N–H and O–H groups in total. The molecule has 0 bridgehead atoms. The maximum Gasteiger partial charge on any atom is 0.293 e. The van der Waals surface area contributed by atoms with Crippen molar-refractivity contribution < 1.29 is 9.47 Å². The molecular weight excluding hydrogens is 330 g/mol. The second-order valence-electron chi connectivity index (χ2n) is 6.81. The van der Waals surface area contributed by atoms with Crippen molar-refractivity contribution in [2.45, 2.75) is 25.7 Å². The first kappa shape index (κ1) is 16.8. The minimum absolute atomic E-state index is 0.126. The number of benzene rings is 1. The molecule has 1 spiro atoms. The molecule has 7 nitrogen and oxygen atoms in total. The van der Waals surface area contributed by atoms with E-state index in [0.717, 1.165) is 24.3 Å². The number of nitriles is 2. The number of anilines is 1. The quantitative estimate of drug-likeness (QED) is 0.885. The van der Waals surface area contributed by atoms with Gasteiger partial charge in [-0.05, 0) is 31.5 Å². The summed E-state index contributed by atoms with van der Waals surface area (Å²) in [6.07, 6.45) is 0. The fourth-order valence-electron chi connectivity index (χ4n) is 4.68. The molecule has 0 aromatic heterocycles. The van der Waals surface area contributed by atoms with Crippen LogP contribution in [0.15, 0.2) is 29.3 Å². The summed E-state index contributed by atoms with van der Waals surface area (Å²) in [4.78, 5) is 6.52. The highest BCUT2D eigenvalue weighted by molar-refractivity contribution is 6.00. The smallest absolute Gasteiger partial charge is 0.293 e. The topological polar surface area (TPSA) is 108 Å². The van der Waals surface area contributed by atoms with Crippen LogP contribution in [-0.2, 0) is 9.47 Å². The van der Waals surface area contributed by atoms with Crippen molar-refractivity contribution in [3.8, 4) is 12.1 Å². The maximum atomic E-state index is 10.1. The molecule has 26 heavy (non-hydrogen) atoms. The predicted molar refractivity (Wildman–Crippen MR) is 95.1 cm³/mol. The summed E-state index contributed by atoms with van der Waals surface area (Å²) >= 11 is 0. The number of hydrogen-bond donors (Lipinski definition) is 1. The molecule has 3 atom stereocenters. The van der Waals surface area contributed by atoms with Crippen LogP contribution in [0.4, 0.5) is 5.69 Å². The number of nitrogens with zero attached hydrogens (tertiary/aromatic N) is 4. The summed E-state index contributed by atoms with van der Waals surface area (Å²) in [6.45, 7) is 6.69. The zero-order valence-corrected chi connectivity index (χ0v) is 14.9. The van der Waals surface area contributed by atoms with E-state index < -0.39 is 22.7 Å². The Morgan fingerprint density at radius 1 is 1.15 bits per heavy atom. The van der Waals surface area contributed by atoms with E-state index in [4.69, 9.17) is 15.2 Å². The second kappa shape index (κ2) is 5.44. The molecule has 134 valence electrons. The van der Waals surface area contributed by atoms with Crippen LogP contribution < -0.4 is 10.6 Å². The van der Waals surface area contributed by atoms with Crippen molar-refractivity contribution in [1.82, 2.24) is 0 Å². The number of ether oxygens (including phenoxy) is 2. The predicted octanol–water partition coefficient (Wildman–Crippen LogP) is 1.72. The minimum Gasteiger partial charge on any atom is -0.386 e. The Kier molecular flexibility index (Phi) is 3.52. The summed E-state index contributed by atoms with van der Waals surface area (Å²) in [5.74, 6) is -1.77. The van der Waals surface area contributed by atoms with Crippen molar-refractivity contribution in [2.24, 2.45) is 21.6 Å². The van der Waals surface area contributed by atoms with E-state index in [1.54, 1.807) is 0 Å². The summed E-state index contributed by atoms with van der Waals surface area (Å²) in [5, 5.41) is 20.0. The van der Waals surface area contributed by atoms with Crippen LogP contribution in [0, 0.1) is 33.5 Å². The van der Waals surface area contributed by atoms with Gasteiger partial charge in [0.25, 0.3) is 5.91 Å². The molecule has 1 aromatic rings. The molecule has 1 saturated carbocycles. The van der Waals surface area contributed by atoms with Gasteiger partial charge in [-0.2, -0.15) is 10.5 Å². The number of hydrogen-bond acceptors (Lipinski definition) is 7. The number of aliphatic imine (C=N–C) groups is 1. The van der Waals surface area contributed by atoms with Crippen molar-refractivity contribution >= 4 is 11.5 Å². The van der Waals surface area contributed by atoms with Gasteiger partial charge in [0.1, 0.15) is 11.3 Å². The second-order valence-corrected chi connectivity index (χ2v) is 6.81. The van der Waals surface area contributed by atoms with Gasteiger partial charge in [0.2, 0.25) is 0 Å². The van der Waals surface area contributed by atoms with Gasteiger partial charge in [-0.15, -0.1) is 0 Å². The average molecular weight is 351 g/mol. The van der Waals surface area contributed by atoms with Gasteiger partial charge in [-0.3, -0.25) is 0 Å². The SMILES string of the molecule is CCN(CC)c1ccc(C2C3(C#N)C(N)=NC4(OCCO4)C23C#N)cc1. The van der Waals surface area contributed by atoms with Crippen LogP contribution in [-0.4, -0.2) is 38.0 Å². The molecule has 1 aromatic carbocycles. The Morgan fingerprint density at radius 3 is 2.27 bits per heavy atom. The van der Waals surface area contributed by atoms with E-state index in [-0.39, 0.29) is 5.84 Å². The van der Waals surface area contributed by atoms with Crippen molar-refractivity contribution in [2.75, 3.05) is 31.2 Å². The highest BCUT2D eigenvalue weighted by Gasteiger charge is 2.94. The minimum atomic E-state index is -1.47. The first-order chi connectivity index (χ1) is 12.6. The van der Waals surface area contributed by atoms with Crippen LogP contribution in [0.3, 0.4) is 0 Å². The number of rotatable bonds is 4. The molecule has 2 heterocycles. The van der Waals surface area contributed by atoms with Gasteiger partial charge >= 0.3 is 0 Å². The lowest BCUT2D eigenvalue weighted by Gasteiger charge is -2.26. The van der Waals surface area contributed by atoms with Gasteiger partial charge in [0.15, 0.2) is 5.41 Å². The number of amidine groups is 1. The lowest BCUT2D eigenvalue weighted by Crippen LogP contribution is -2.38. The van der Waals surface area contributed by atoms with Gasteiger partial charge in [-0.25, -0.2) is 4.99 Å². The van der Waals surface area contributed by atoms with E-state index in [2.05, 4.69) is 35.9 Å². The molecule has 3 aliphatic rings. The van der Waals surface area contributed by atoms with Crippen LogP contribution in [0.25, 0.3) is 0 Å². The van der Waals surface area contributed by atoms with E-state index in [0.29, 0.717) is 13.2 Å². The molecule has 3 unspecified atom stereocenters. The number of fused-ring (bicyclic) bond motifs is 2. The Hall–Kier alpha value is -2.61. The molecule has 0 radical (unpaired) electrons. The standard InChI is InChI=1S/C19H21N5O2/c1-3-24(4-2)14-7-5-13(6-8-14)15-17(11-20)16(22)23-19(18(15,17)12-21)25-9-10-26-19/h5-8,15H,3-4,9-10H2,1-2H3,(H2,22,23). The van der Waals surface area contributed by atoms with Crippen molar-refractivity contribution in [3.63, 3.8) is 0 Å². The third kappa shape index (κ3) is 1.65.